The Bertz CT molecular complexity index is 985. The molecule has 1 amide bonds. The van der Waals surface area contributed by atoms with Gasteiger partial charge in [0.15, 0.2) is 11.0 Å². The largest absolute Gasteiger partial charge is 0.467 e. The number of hydrogen-bond acceptors (Lipinski definition) is 5. The van der Waals surface area contributed by atoms with E-state index in [0.717, 1.165) is 17.1 Å². The van der Waals surface area contributed by atoms with E-state index < -0.39 is 0 Å². The summed E-state index contributed by atoms with van der Waals surface area (Å²) in [6, 6.07) is 12.1. The molecule has 0 aliphatic rings. The van der Waals surface area contributed by atoms with Crippen LogP contribution in [-0.2, 0) is 23.3 Å². The zero-order valence-corrected chi connectivity index (χ0v) is 18.8. The Labute approximate surface area is 182 Å². The van der Waals surface area contributed by atoms with Crippen LogP contribution in [0.4, 0.5) is 0 Å². The first kappa shape index (κ1) is 21.9. The van der Waals surface area contributed by atoms with Gasteiger partial charge in [-0.05, 0) is 23.1 Å². The number of allylic oxidation sites excluding steroid dienone is 1. The van der Waals surface area contributed by atoms with E-state index in [2.05, 4.69) is 61.8 Å². The fraction of sp³-hybridized carbons (Fsp3) is 0.348. The van der Waals surface area contributed by atoms with E-state index in [9.17, 15) is 4.79 Å². The van der Waals surface area contributed by atoms with Crippen LogP contribution in [0.1, 0.15) is 32.1 Å². The van der Waals surface area contributed by atoms with Crippen molar-refractivity contribution < 1.29 is 9.21 Å². The van der Waals surface area contributed by atoms with Gasteiger partial charge in [0.2, 0.25) is 5.91 Å². The number of amides is 1. The lowest BCUT2D eigenvalue weighted by Gasteiger charge is -2.19. The molecule has 3 rings (SSSR count). The maximum absolute atomic E-state index is 12.5. The van der Waals surface area contributed by atoms with Crippen LogP contribution in [0.2, 0.25) is 0 Å². The van der Waals surface area contributed by atoms with Crippen LogP contribution >= 0.6 is 11.8 Å². The molecule has 0 saturated carbocycles. The fourth-order valence-corrected chi connectivity index (χ4v) is 3.87. The van der Waals surface area contributed by atoms with Crippen molar-refractivity contribution in [1.29, 1.82) is 0 Å². The zero-order valence-electron chi connectivity index (χ0n) is 18.0. The molecule has 1 aromatic carbocycles. The van der Waals surface area contributed by atoms with Crippen molar-refractivity contribution in [1.82, 2.24) is 19.7 Å². The standard InChI is InChI=1S/C23H28N4O2S/c1-6-13-27-21(17-9-11-18(12-10-17)23(2,3)4)24-25-22(27)30-16-20(28)26(5)15-19-8-7-14-29-19/h6-12,14H,1,13,15-16H2,2-5H3. The number of hydrogen-bond donors (Lipinski definition) is 0. The number of benzene rings is 1. The summed E-state index contributed by atoms with van der Waals surface area (Å²) in [5, 5.41) is 9.41. The van der Waals surface area contributed by atoms with Crippen LogP contribution in [0.3, 0.4) is 0 Å². The Morgan fingerprint density at radius 2 is 1.97 bits per heavy atom. The van der Waals surface area contributed by atoms with Crippen LogP contribution in [0.15, 0.2) is 64.9 Å². The van der Waals surface area contributed by atoms with Gasteiger partial charge in [-0.2, -0.15) is 0 Å². The second kappa shape index (κ2) is 9.34. The van der Waals surface area contributed by atoms with Gasteiger partial charge in [-0.15, -0.1) is 16.8 Å². The summed E-state index contributed by atoms with van der Waals surface area (Å²) in [4.78, 5) is 14.2. The van der Waals surface area contributed by atoms with Gasteiger partial charge in [0.1, 0.15) is 5.76 Å². The highest BCUT2D eigenvalue weighted by atomic mass is 32.2. The van der Waals surface area contributed by atoms with Crippen LogP contribution in [0.5, 0.6) is 0 Å². The molecule has 2 heterocycles. The molecule has 0 aliphatic carbocycles. The number of thioether (sulfide) groups is 1. The minimum Gasteiger partial charge on any atom is -0.467 e. The summed E-state index contributed by atoms with van der Waals surface area (Å²) in [6.45, 7) is 11.4. The maximum atomic E-state index is 12.5. The Kier molecular flexibility index (Phi) is 6.82. The summed E-state index contributed by atoms with van der Waals surface area (Å²) in [5.74, 6) is 1.80. The number of carbonyl (C=O) groups is 1. The summed E-state index contributed by atoms with van der Waals surface area (Å²) >= 11 is 1.38. The molecule has 0 aliphatic heterocycles. The number of aromatic nitrogens is 3. The normalized spacial score (nSPS) is 11.5. The first-order valence-corrected chi connectivity index (χ1v) is 10.8. The smallest absolute Gasteiger partial charge is 0.233 e. The quantitative estimate of drug-likeness (QED) is 0.385. The summed E-state index contributed by atoms with van der Waals surface area (Å²) < 4.78 is 7.30. The van der Waals surface area contributed by atoms with E-state index >= 15 is 0 Å². The van der Waals surface area contributed by atoms with E-state index in [-0.39, 0.29) is 17.1 Å². The molecule has 2 aromatic heterocycles. The Balaban J connectivity index is 1.72. The lowest BCUT2D eigenvalue weighted by atomic mass is 9.87. The summed E-state index contributed by atoms with van der Waals surface area (Å²) in [6.07, 6.45) is 3.42. The van der Waals surface area contributed by atoms with Crippen molar-refractivity contribution in [2.75, 3.05) is 12.8 Å². The van der Waals surface area contributed by atoms with Gasteiger partial charge in [-0.3, -0.25) is 9.36 Å². The highest BCUT2D eigenvalue weighted by Crippen LogP contribution is 2.28. The van der Waals surface area contributed by atoms with Crippen molar-refractivity contribution in [3.63, 3.8) is 0 Å². The van der Waals surface area contributed by atoms with E-state index in [1.54, 1.807) is 18.2 Å². The SMILES string of the molecule is C=CCn1c(SCC(=O)N(C)Cc2ccco2)nnc1-c1ccc(C(C)(C)C)cc1. The minimum absolute atomic E-state index is 0.000586. The van der Waals surface area contributed by atoms with Gasteiger partial charge in [0, 0.05) is 19.2 Å². The van der Waals surface area contributed by atoms with E-state index in [0.29, 0.717) is 18.2 Å². The zero-order chi connectivity index (χ0) is 21.7. The molecular formula is C23H28N4O2S. The average Bonchev–Trinajstić information content (AvgIpc) is 3.36. The molecule has 0 saturated heterocycles. The molecule has 0 N–H and O–H groups in total. The molecule has 0 fully saturated rings. The highest BCUT2D eigenvalue weighted by Gasteiger charge is 2.18. The number of nitrogens with zero attached hydrogens (tertiary/aromatic N) is 4. The summed E-state index contributed by atoms with van der Waals surface area (Å²) in [5.41, 5.74) is 2.35. The van der Waals surface area contributed by atoms with Crippen LogP contribution < -0.4 is 0 Å². The van der Waals surface area contributed by atoms with Crippen molar-refractivity contribution in [2.24, 2.45) is 0 Å². The Hall–Kier alpha value is -2.80. The molecule has 6 nitrogen and oxygen atoms in total. The topological polar surface area (TPSA) is 64.2 Å². The van der Waals surface area contributed by atoms with E-state index in [1.165, 1.54) is 17.3 Å². The van der Waals surface area contributed by atoms with Gasteiger partial charge in [-0.1, -0.05) is 62.9 Å². The average molecular weight is 425 g/mol. The van der Waals surface area contributed by atoms with E-state index in [1.807, 2.05) is 22.8 Å². The lowest BCUT2D eigenvalue weighted by molar-refractivity contribution is -0.127. The molecule has 0 spiro atoms. The Morgan fingerprint density at radius 3 is 2.57 bits per heavy atom. The van der Waals surface area contributed by atoms with Crippen LogP contribution in [0.25, 0.3) is 11.4 Å². The molecule has 158 valence electrons. The number of furan rings is 1. The van der Waals surface area contributed by atoms with Gasteiger partial charge in [0.25, 0.3) is 0 Å². The van der Waals surface area contributed by atoms with Crippen molar-refractivity contribution in [3.8, 4) is 11.4 Å². The van der Waals surface area contributed by atoms with Gasteiger partial charge < -0.3 is 9.32 Å². The molecule has 7 heteroatoms. The van der Waals surface area contributed by atoms with Crippen molar-refractivity contribution >= 4 is 17.7 Å². The van der Waals surface area contributed by atoms with Crippen LogP contribution in [-0.4, -0.2) is 38.4 Å². The first-order chi connectivity index (χ1) is 14.3. The predicted molar refractivity (Wildman–Crippen MR) is 120 cm³/mol. The highest BCUT2D eigenvalue weighted by molar-refractivity contribution is 7.99. The molecule has 3 aromatic rings. The Morgan fingerprint density at radius 1 is 1.23 bits per heavy atom. The molecule has 0 unspecified atom stereocenters. The van der Waals surface area contributed by atoms with Crippen molar-refractivity contribution in [2.45, 2.75) is 44.4 Å². The third kappa shape index (κ3) is 5.21. The second-order valence-corrected chi connectivity index (χ2v) is 9.09. The first-order valence-electron chi connectivity index (χ1n) is 9.83. The minimum atomic E-state index is 0.000586. The molecule has 30 heavy (non-hydrogen) atoms. The predicted octanol–water partition coefficient (Wildman–Crippen LogP) is 4.77. The van der Waals surface area contributed by atoms with E-state index in [4.69, 9.17) is 4.42 Å². The molecule has 0 radical (unpaired) electrons. The molecular weight excluding hydrogens is 396 g/mol. The molecule has 0 atom stereocenters. The maximum Gasteiger partial charge on any atom is 0.233 e. The third-order valence-electron chi connectivity index (χ3n) is 4.76. The van der Waals surface area contributed by atoms with Crippen LogP contribution in [0, 0.1) is 0 Å². The van der Waals surface area contributed by atoms with Gasteiger partial charge >= 0.3 is 0 Å². The monoisotopic (exact) mass is 424 g/mol. The van der Waals surface area contributed by atoms with Crippen molar-refractivity contribution in [3.05, 3.63) is 66.6 Å². The third-order valence-corrected chi connectivity index (χ3v) is 5.71. The van der Waals surface area contributed by atoms with Gasteiger partial charge in [-0.25, -0.2) is 0 Å². The second-order valence-electron chi connectivity index (χ2n) is 8.15. The number of rotatable bonds is 8. The fourth-order valence-electron chi connectivity index (χ4n) is 2.98. The van der Waals surface area contributed by atoms with Gasteiger partial charge in [0.05, 0.1) is 18.6 Å². The number of carbonyl (C=O) groups excluding carboxylic acids is 1. The lowest BCUT2D eigenvalue weighted by Crippen LogP contribution is -2.27. The molecule has 0 bridgehead atoms. The summed E-state index contributed by atoms with van der Waals surface area (Å²) in [7, 11) is 1.77.